The zero-order valence-electron chi connectivity index (χ0n) is 9.51. The molecule has 2 saturated carbocycles. The molecule has 0 aromatic rings. The maximum absolute atomic E-state index is 3.76. The van der Waals surface area contributed by atoms with Gasteiger partial charge in [0, 0.05) is 17.3 Å². The van der Waals surface area contributed by atoms with Crippen LogP contribution in [0.4, 0.5) is 0 Å². The van der Waals surface area contributed by atoms with E-state index in [1.54, 1.807) is 0 Å². The van der Waals surface area contributed by atoms with E-state index in [9.17, 15) is 0 Å². The third kappa shape index (κ3) is 2.27. The van der Waals surface area contributed by atoms with E-state index >= 15 is 0 Å². The highest BCUT2D eigenvalue weighted by molar-refractivity contribution is 8.00. The van der Waals surface area contributed by atoms with Crippen LogP contribution in [-0.2, 0) is 0 Å². The Kier molecular flexibility index (Phi) is 3.43. The lowest BCUT2D eigenvalue weighted by molar-refractivity contribution is 0.236. The van der Waals surface area contributed by atoms with E-state index in [4.69, 9.17) is 0 Å². The third-order valence-corrected chi connectivity index (χ3v) is 5.45. The summed E-state index contributed by atoms with van der Waals surface area (Å²) >= 11 is 2.09. The first-order valence-electron chi connectivity index (χ1n) is 6.03. The molecule has 1 N–H and O–H groups in total. The largest absolute Gasteiger partial charge is 0.313 e. The van der Waals surface area contributed by atoms with Crippen LogP contribution in [0, 0.1) is 5.92 Å². The highest BCUT2D eigenvalue weighted by atomic mass is 32.2. The van der Waals surface area contributed by atoms with Crippen LogP contribution in [0.1, 0.15) is 45.4 Å². The molecule has 0 saturated heterocycles. The van der Waals surface area contributed by atoms with Crippen molar-refractivity contribution in [3.63, 3.8) is 0 Å². The fraction of sp³-hybridized carbons (Fsp3) is 1.00. The summed E-state index contributed by atoms with van der Waals surface area (Å²) in [6.45, 7) is 3.61. The lowest BCUT2D eigenvalue weighted by Gasteiger charge is -2.37. The number of hydrogen-bond donors (Lipinski definition) is 1. The summed E-state index contributed by atoms with van der Waals surface area (Å²) in [4.78, 5) is 0. The molecule has 0 radical (unpaired) electrons. The molecule has 0 aromatic heterocycles. The van der Waals surface area contributed by atoms with E-state index in [2.05, 4.69) is 30.3 Å². The van der Waals surface area contributed by atoms with Gasteiger partial charge in [0.2, 0.25) is 0 Å². The number of rotatable bonds is 4. The van der Waals surface area contributed by atoms with Gasteiger partial charge in [-0.15, -0.1) is 0 Å². The summed E-state index contributed by atoms with van der Waals surface area (Å²) in [5.41, 5.74) is 0. The summed E-state index contributed by atoms with van der Waals surface area (Å²) in [6.07, 6.45) is 10.9. The first kappa shape index (κ1) is 10.8. The van der Waals surface area contributed by atoms with Gasteiger partial charge in [0.15, 0.2) is 0 Å². The van der Waals surface area contributed by atoms with Crippen LogP contribution >= 0.6 is 11.8 Å². The van der Waals surface area contributed by atoms with Crippen LogP contribution < -0.4 is 5.32 Å². The lowest BCUT2D eigenvalue weighted by atomic mass is 9.81. The molecule has 2 aliphatic rings. The lowest BCUT2D eigenvalue weighted by Crippen LogP contribution is -2.46. The van der Waals surface area contributed by atoms with Gasteiger partial charge in [-0.25, -0.2) is 0 Å². The Morgan fingerprint density at radius 3 is 2.43 bits per heavy atom. The number of thioether (sulfide) groups is 1. The highest BCUT2D eigenvalue weighted by Crippen LogP contribution is 2.40. The molecule has 2 heteroatoms. The van der Waals surface area contributed by atoms with Crippen LogP contribution in [0.3, 0.4) is 0 Å². The molecule has 0 atom stereocenters. The van der Waals surface area contributed by atoms with Gasteiger partial charge in [-0.2, -0.15) is 11.8 Å². The predicted molar refractivity (Wildman–Crippen MR) is 64.9 cm³/mol. The van der Waals surface area contributed by atoms with Gasteiger partial charge in [-0.1, -0.05) is 19.8 Å². The molecular weight excluding hydrogens is 190 g/mol. The van der Waals surface area contributed by atoms with Crippen LogP contribution in [0.5, 0.6) is 0 Å². The van der Waals surface area contributed by atoms with Gasteiger partial charge in [0.05, 0.1) is 0 Å². The summed E-state index contributed by atoms with van der Waals surface area (Å²) in [7, 11) is 0. The molecule has 2 rings (SSSR count). The van der Waals surface area contributed by atoms with Crippen molar-refractivity contribution in [1.29, 1.82) is 0 Å². The molecule has 14 heavy (non-hydrogen) atoms. The zero-order chi connectivity index (χ0) is 10.0. The molecule has 0 bridgehead atoms. The van der Waals surface area contributed by atoms with Crippen LogP contribution in [0.2, 0.25) is 0 Å². The van der Waals surface area contributed by atoms with Crippen molar-refractivity contribution >= 4 is 11.8 Å². The van der Waals surface area contributed by atoms with Gasteiger partial charge in [-0.3, -0.25) is 0 Å². The maximum atomic E-state index is 3.76. The molecule has 0 aromatic carbocycles. The van der Waals surface area contributed by atoms with E-state index in [1.165, 1.54) is 45.1 Å². The fourth-order valence-electron chi connectivity index (χ4n) is 2.87. The van der Waals surface area contributed by atoms with Crippen molar-refractivity contribution < 1.29 is 0 Å². The summed E-state index contributed by atoms with van der Waals surface area (Å²) in [5.74, 6) is 0.973. The van der Waals surface area contributed by atoms with E-state index in [1.807, 2.05) is 0 Å². The van der Waals surface area contributed by atoms with Gasteiger partial charge < -0.3 is 5.32 Å². The minimum atomic E-state index is 0.596. The molecule has 0 heterocycles. The van der Waals surface area contributed by atoms with Crippen LogP contribution in [0.15, 0.2) is 0 Å². The first-order valence-corrected chi connectivity index (χ1v) is 7.25. The van der Waals surface area contributed by atoms with Crippen molar-refractivity contribution in [2.75, 3.05) is 12.8 Å². The van der Waals surface area contributed by atoms with E-state index in [0.29, 0.717) is 4.75 Å². The Morgan fingerprint density at radius 2 is 1.93 bits per heavy atom. The van der Waals surface area contributed by atoms with Gasteiger partial charge in [0.25, 0.3) is 0 Å². The standard InChI is InChI=1S/C12H23NS/c1-10-7-11(8-10)13-9-12(14-2)5-3-4-6-12/h10-11,13H,3-9H2,1-2H3. The Hall–Kier alpha value is 0.310. The summed E-state index contributed by atoms with van der Waals surface area (Å²) < 4.78 is 0.596. The quantitative estimate of drug-likeness (QED) is 0.770. The first-order chi connectivity index (χ1) is 6.74. The van der Waals surface area contributed by atoms with Crippen molar-refractivity contribution in [2.24, 2.45) is 5.92 Å². The van der Waals surface area contributed by atoms with Crippen LogP contribution in [0.25, 0.3) is 0 Å². The monoisotopic (exact) mass is 213 g/mol. The molecule has 2 aliphatic carbocycles. The van der Waals surface area contributed by atoms with Crippen LogP contribution in [-0.4, -0.2) is 23.6 Å². The minimum absolute atomic E-state index is 0.596. The maximum Gasteiger partial charge on any atom is 0.0281 e. The molecule has 82 valence electrons. The Bertz CT molecular complexity index is 181. The average Bonchev–Trinajstić information content (AvgIpc) is 2.60. The predicted octanol–water partition coefficient (Wildman–Crippen LogP) is 3.05. The SMILES string of the molecule is CSC1(CNC2CC(C)C2)CCCC1. The Balaban J connectivity index is 1.72. The molecular formula is C12H23NS. The second kappa shape index (κ2) is 4.44. The Labute approximate surface area is 92.4 Å². The number of hydrogen-bond acceptors (Lipinski definition) is 2. The third-order valence-electron chi connectivity index (χ3n) is 4.03. The summed E-state index contributed by atoms with van der Waals surface area (Å²) in [5, 5.41) is 3.76. The fourth-order valence-corrected chi connectivity index (χ4v) is 3.80. The molecule has 0 aliphatic heterocycles. The topological polar surface area (TPSA) is 12.0 Å². The number of nitrogens with one attached hydrogen (secondary N) is 1. The second-order valence-corrected chi connectivity index (χ2v) is 6.52. The summed E-state index contributed by atoms with van der Waals surface area (Å²) in [6, 6.07) is 0.842. The smallest absolute Gasteiger partial charge is 0.0281 e. The molecule has 0 spiro atoms. The van der Waals surface area contributed by atoms with Crippen molar-refractivity contribution in [2.45, 2.75) is 56.2 Å². The van der Waals surface area contributed by atoms with E-state index in [0.717, 1.165) is 12.0 Å². The highest BCUT2D eigenvalue weighted by Gasteiger charge is 2.34. The average molecular weight is 213 g/mol. The normalized spacial score (nSPS) is 35.6. The molecule has 0 unspecified atom stereocenters. The van der Waals surface area contributed by atoms with Gasteiger partial charge >= 0.3 is 0 Å². The van der Waals surface area contributed by atoms with Crippen molar-refractivity contribution in [3.05, 3.63) is 0 Å². The van der Waals surface area contributed by atoms with E-state index in [-0.39, 0.29) is 0 Å². The van der Waals surface area contributed by atoms with Gasteiger partial charge in [0.1, 0.15) is 0 Å². The van der Waals surface area contributed by atoms with E-state index < -0.39 is 0 Å². The molecule has 2 fully saturated rings. The molecule has 1 nitrogen and oxygen atoms in total. The second-order valence-electron chi connectivity index (χ2n) is 5.25. The van der Waals surface area contributed by atoms with Gasteiger partial charge in [-0.05, 0) is 37.9 Å². The molecule has 0 amide bonds. The van der Waals surface area contributed by atoms with Crippen molar-refractivity contribution in [3.8, 4) is 0 Å². The minimum Gasteiger partial charge on any atom is -0.313 e. The van der Waals surface area contributed by atoms with Crippen molar-refractivity contribution in [1.82, 2.24) is 5.32 Å². The zero-order valence-corrected chi connectivity index (χ0v) is 10.3. The Morgan fingerprint density at radius 1 is 1.29 bits per heavy atom.